The number of pyridine rings is 1. The lowest BCUT2D eigenvalue weighted by molar-refractivity contribution is 0.677. The van der Waals surface area contributed by atoms with Crippen molar-refractivity contribution >= 4 is 23.7 Å². The van der Waals surface area contributed by atoms with Gasteiger partial charge in [-0.3, -0.25) is 4.99 Å². The molecule has 0 saturated heterocycles. The zero-order chi connectivity index (χ0) is 16.1. The molecule has 5 nitrogen and oxygen atoms in total. The summed E-state index contributed by atoms with van der Waals surface area (Å²) in [6.07, 6.45) is 3.56. The van der Waals surface area contributed by atoms with Crippen LogP contribution < -0.4 is 5.32 Å². The summed E-state index contributed by atoms with van der Waals surface area (Å²) in [4.78, 5) is 15.2. The van der Waals surface area contributed by atoms with Crippen molar-refractivity contribution in [2.45, 2.75) is 13.8 Å². The van der Waals surface area contributed by atoms with Crippen LogP contribution in [0.3, 0.4) is 0 Å². The van der Waals surface area contributed by atoms with Crippen LogP contribution in [-0.2, 0) is 0 Å². The summed E-state index contributed by atoms with van der Waals surface area (Å²) in [6.45, 7) is 6.62. The molecule has 3 rings (SSSR count). The van der Waals surface area contributed by atoms with Gasteiger partial charge in [0.2, 0.25) is 0 Å². The van der Waals surface area contributed by atoms with Gasteiger partial charge in [-0.1, -0.05) is 18.2 Å². The monoisotopic (exact) mass is 307 g/mol. The fourth-order valence-electron chi connectivity index (χ4n) is 2.46. The number of amidine groups is 1. The number of hydrogen-bond donors (Lipinski definition) is 1. The zero-order valence-electron chi connectivity index (χ0n) is 13.5. The van der Waals surface area contributed by atoms with E-state index >= 15 is 0 Å². The van der Waals surface area contributed by atoms with Crippen LogP contribution in [0.25, 0.3) is 0 Å². The molecule has 0 atom stereocenters. The molecule has 0 amide bonds. The van der Waals surface area contributed by atoms with Gasteiger partial charge in [-0.2, -0.15) is 0 Å². The second-order valence-electron chi connectivity index (χ2n) is 5.52. The standard InChI is InChI=1S/C18H21N5/c1-14-6-5-7-16(15(14)2)21-12-18-20-10-11-23(18)13-22-17-8-3-4-9-19-17/h3-9,13,21H,10-12H2,1-2H3/b22-13+. The van der Waals surface area contributed by atoms with E-state index in [2.05, 4.69) is 57.2 Å². The maximum absolute atomic E-state index is 4.56. The Balaban J connectivity index is 1.63. The molecule has 0 fully saturated rings. The third-order valence-corrected chi connectivity index (χ3v) is 3.99. The first-order chi connectivity index (χ1) is 11.2. The number of aliphatic imine (C=N–C) groups is 2. The number of anilines is 1. The van der Waals surface area contributed by atoms with E-state index in [9.17, 15) is 0 Å². The predicted molar refractivity (Wildman–Crippen MR) is 95.8 cm³/mol. The number of rotatable bonds is 5. The van der Waals surface area contributed by atoms with Crippen LogP contribution in [0.4, 0.5) is 11.5 Å². The molecule has 0 radical (unpaired) electrons. The topological polar surface area (TPSA) is 52.9 Å². The average Bonchev–Trinajstić information content (AvgIpc) is 3.03. The third kappa shape index (κ3) is 3.74. The van der Waals surface area contributed by atoms with Gasteiger partial charge in [-0.05, 0) is 43.2 Å². The molecule has 0 unspecified atom stereocenters. The van der Waals surface area contributed by atoms with Crippen LogP contribution in [0.1, 0.15) is 11.1 Å². The second kappa shape index (κ2) is 7.05. The molecule has 1 N–H and O–H groups in total. The van der Waals surface area contributed by atoms with Crippen LogP contribution in [0.5, 0.6) is 0 Å². The number of aromatic nitrogens is 1. The van der Waals surface area contributed by atoms with E-state index in [-0.39, 0.29) is 0 Å². The van der Waals surface area contributed by atoms with E-state index in [1.54, 1.807) is 6.20 Å². The van der Waals surface area contributed by atoms with E-state index in [1.807, 2.05) is 24.5 Å². The molecule has 1 aliphatic rings. The first-order valence-corrected chi connectivity index (χ1v) is 7.79. The van der Waals surface area contributed by atoms with Crippen molar-refractivity contribution in [2.75, 3.05) is 25.0 Å². The summed E-state index contributed by atoms with van der Waals surface area (Å²) in [5, 5.41) is 3.47. The molecule has 2 heterocycles. The maximum atomic E-state index is 4.56. The van der Waals surface area contributed by atoms with Crippen molar-refractivity contribution in [1.82, 2.24) is 9.88 Å². The highest BCUT2D eigenvalue weighted by molar-refractivity contribution is 5.96. The molecule has 1 aromatic carbocycles. The molecule has 0 aliphatic carbocycles. The fourth-order valence-corrected chi connectivity index (χ4v) is 2.46. The average molecular weight is 307 g/mol. The van der Waals surface area contributed by atoms with Gasteiger partial charge in [-0.15, -0.1) is 0 Å². The van der Waals surface area contributed by atoms with Crippen molar-refractivity contribution in [3.63, 3.8) is 0 Å². The number of nitrogens with zero attached hydrogens (tertiary/aromatic N) is 4. The van der Waals surface area contributed by atoms with E-state index in [0.717, 1.165) is 24.6 Å². The molecule has 2 aromatic rings. The van der Waals surface area contributed by atoms with Gasteiger partial charge in [-0.25, -0.2) is 9.98 Å². The predicted octanol–water partition coefficient (Wildman–Crippen LogP) is 3.18. The van der Waals surface area contributed by atoms with E-state index in [1.165, 1.54) is 11.1 Å². The first-order valence-electron chi connectivity index (χ1n) is 7.79. The summed E-state index contributed by atoms with van der Waals surface area (Å²) in [6, 6.07) is 12.0. The summed E-state index contributed by atoms with van der Waals surface area (Å²) >= 11 is 0. The molecule has 0 saturated carbocycles. The minimum atomic E-state index is 0.693. The van der Waals surface area contributed by atoms with Crippen molar-refractivity contribution in [1.29, 1.82) is 0 Å². The van der Waals surface area contributed by atoms with Crippen molar-refractivity contribution in [3.05, 3.63) is 53.7 Å². The maximum Gasteiger partial charge on any atom is 0.153 e. The molecular weight excluding hydrogens is 286 g/mol. The van der Waals surface area contributed by atoms with Crippen molar-refractivity contribution in [3.8, 4) is 0 Å². The Morgan fingerprint density at radius 3 is 2.96 bits per heavy atom. The Morgan fingerprint density at radius 1 is 1.22 bits per heavy atom. The molecule has 0 bridgehead atoms. The first kappa shape index (κ1) is 15.2. The molecule has 0 spiro atoms. The smallest absolute Gasteiger partial charge is 0.153 e. The van der Waals surface area contributed by atoms with E-state index in [4.69, 9.17) is 0 Å². The Morgan fingerprint density at radius 2 is 2.13 bits per heavy atom. The summed E-state index contributed by atoms with van der Waals surface area (Å²) in [5.74, 6) is 1.71. The minimum Gasteiger partial charge on any atom is -0.378 e. The molecular formula is C18H21N5. The van der Waals surface area contributed by atoms with Crippen LogP contribution in [-0.4, -0.2) is 41.7 Å². The highest BCUT2D eigenvalue weighted by Gasteiger charge is 2.15. The lowest BCUT2D eigenvalue weighted by Gasteiger charge is -2.17. The fraction of sp³-hybridized carbons (Fsp3) is 0.278. The minimum absolute atomic E-state index is 0.693. The van der Waals surface area contributed by atoms with E-state index < -0.39 is 0 Å². The summed E-state index contributed by atoms with van der Waals surface area (Å²) in [5.41, 5.74) is 3.72. The Labute approximate surface area is 136 Å². The highest BCUT2D eigenvalue weighted by Crippen LogP contribution is 2.18. The van der Waals surface area contributed by atoms with Crippen LogP contribution in [0.2, 0.25) is 0 Å². The van der Waals surface area contributed by atoms with Crippen LogP contribution >= 0.6 is 0 Å². The third-order valence-electron chi connectivity index (χ3n) is 3.99. The summed E-state index contributed by atoms with van der Waals surface area (Å²) < 4.78 is 0. The second-order valence-corrected chi connectivity index (χ2v) is 5.52. The molecule has 118 valence electrons. The quantitative estimate of drug-likeness (QED) is 0.682. The van der Waals surface area contributed by atoms with Gasteiger partial charge < -0.3 is 10.2 Å². The lowest BCUT2D eigenvalue weighted by Crippen LogP contribution is -2.31. The number of nitrogens with one attached hydrogen (secondary N) is 1. The molecule has 1 aromatic heterocycles. The zero-order valence-corrected chi connectivity index (χ0v) is 13.5. The lowest BCUT2D eigenvalue weighted by atomic mass is 10.1. The van der Waals surface area contributed by atoms with E-state index in [0.29, 0.717) is 12.4 Å². The Bertz CT molecular complexity index is 721. The molecule has 1 aliphatic heterocycles. The van der Waals surface area contributed by atoms with Gasteiger partial charge in [0, 0.05) is 18.4 Å². The Kier molecular flexibility index (Phi) is 4.66. The highest BCUT2D eigenvalue weighted by atomic mass is 15.3. The Hall–Kier alpha value is -2.69. The van der Waals surface area contributed by atoms with Crippen molar-refractivity contribution in [2.24, 2.45) is 9.98 Å². The van der Waals surface area contributed by atoms with Gasteiger partial charge in [0.05, 0.1) is 19.4 Å². The molecule has 5 heteroatoms. The van der Waals surface area contributed by atoms with Gasteiger partial charge in [0.15, 0.2) is 5.82 Å². The SMILES string of the molecule is Cc1cccc(NCC2=NCCN2/C=N/c2ccccn2)c1C. The number of aryl methyl sites for hydroxylation is 1. The van der Waals surface area contributed by atoms with Gasteiger partial charge >= 0.3 is 0 Å². The van der Waals surface area contributed by atoms with Gasteiger partial charge in [0.1, 0.15) is 5.84 Å². The number of hydrogen-bond acceptors (Lipinski definition) is 4. The van der Waals surface area contributed by atoms with Crippen molar-refractivity contribution < 1.29 is 0 Å². The van der Waals surface area contributed by atoms with Crippen LogP contribution in [0.15, 0.2) is 52.6 Å². The van der Waals surface area contributed by atoms with Gasteiger partial charge in [0.25, 0.3) is 0 Å². The normalized spacial score (nSPS) is 14.3. The number of benzene rings is 1. The molecule has 23 heavy (non-hydrogen) atoms. The largest absolute Gasteiger partial charge is 0.378 e. The van der Waals surface area contributed by atoms with Crippen LogP contribution in [0, 0.1) is 13.8 Å². The summed E-state index contributed by atoms with van der Waals surface area (Å²) in [7, 11) is 0.